The third-order valence-corrected chi connectivity index (χ3v) is 7.63. The van der Waals surface area contributed by atoms with Gasteiger partial charge < -0.3 is 25.2 Å². The van der Waals surface area contributed by atoms with Gasteiger partial charge in [-0.2, -0.15) is 0 Å². The lowest BCUT2D eigenvalue weighted by Crippen LogP contribution is -2.58. The number of rotatable bonds is 5. The van der Waals surface area contributed by atoms with E-state index in [9.17, 15) is 14.4 Å². The Balaban J connectivity index is 1.51. The zero-order valence-electron chi connectivity index (χ0n) is 18.7. The largest absolute Gasteiger partial charge is 0.379 e. The topological polar surface area (TPSA) is 91.0 Å². The van der Waals surface area contributed by atoms with Crippen LogP contribution in [0.15, 0.2) is 34.1 Å². The number of carbonyl (C=O) groups is 3. The van der Waals surface area contributed by atoms with Gasteiger partial charge in [0.1, 0.15) is 5.54 Å². The molecule has 1 unspecified atom stereocenters. The predicted molar refractivity (Wildman–Crippen MR) is 132 cm³/mol. The van der Waals surface area contributed by atoms with E-state index in [1.807, 2.05) is 37.1 Å². The van der Waals surface area contributed by atoms with Crippen LogP contribution in [0.4, 0.5) is 11.4 Å². The normalized spacial score (nSPS) is 21.7. The van der Waals surface area contributed by atoms with Crippen LogP contribution in [0.2, 0.25) is 0 Å². The number of likely N-dealkylation sites (tertiary alicyclic amines) is 1. The number of likely N-dealkylation sites (N-methyl/N-ethyl adjacent to an activating group) is 1. The number of anilines is 2. The molecule has 0 radical (unpaired) electrons. The summed E-state index contributed by atoms with van der Waals surface area (Å²) in [5.41, 5.74) is 1.30. The second kappa shape index (κ2) is 9.92. The zero-order chi connectivity index (χ0) is 23.6. The molecule has 0 bridgehead atoms. The second-order valence-corrected chi connectivity index (χ2v) is 11.0. The van der Waals surface area contributed by atoms with Crippen molar-refractivity contribution in [3.63, 3.8) is 0 Å². The minimum absolute atomic E-state index is 0.0308. The zero-order valence-corrected chi connectivity index (χ0v) is 21.1. The number of thiophene rings is 1. The molecule has 1 aromatic carbocycles. The summed E-state index contributed by atoms with van der Waals surface area (Å²) in [5.74, 6) is -0.477. The highest BCUT2D eigenvalue weighted by Crippen LogP contribution is 2.28. The fourth-order valence-corrected chi connectivity index (χ4v) is 5.56. The molecule has 3 amide bonds. The number of amides is 3. The van der Waals surface area contributed by atoms with Gasteiger partial charge in [0.05, 0.1) is 28.3 Å². The number of nitrogens with one attached hydrogen (secondary N) is 2. The van der Waals surface area contributed by atoms with Crippen LogP contribution >= 0.6 is 27.3 Å². The number of carbonyl (C=O) groups excluding carboxylic acids is 3. The third-order valence-electron chi connectivity index (χ3n) is 6.01. The van der Waals surface area contributed by atoms with E-state index in [2.05, 4.69) is 26.6 Å². The summed E-state index contributed by atoms with van der Waals surface area (Å²) in [6.07, 6.45) is 0.876. The standard InChI is InChI=1S/C23H27BrN4O4S/c1-15-13-16(3-4-17(15)28-10-12-32-11-7-20(28)29)25-22(31)23(8-9-27(2)14-23)26-21(30)18-5-6-19(24)33-18/h3-6,13H,7-12,14H2,1-2H3,(H,25,31)(H,26,30). The molecule has 2 aromatic rings. The van der Waals surface area contributed by atoms with Crippen molar-refractivity contribution in [2.45, 2.75) is 25.3 Å². The molecule has 2 N–H and O–H groups in total. The maximum atomic E-state index is 13.4. The van der Waals surface area contributed by atoms with Crippen LogP contribution in [0.1, 0.15) is 28.1 Å². The van der Waals surface area contributed by atoms with E-state index in [1.165, 1.54) is 11.3 Å². The first-order valence-electron chi connectivity index (χ1n) is 10.8. The molecule has 4 rings (SSSR count). The lowest BCUT2D eigenvalue weighted by molar-refractivity contribution is -0.121. The van der Waals surface area contributed by atoms with E-state index in [0.29, 0.717) is 56.3 Å². The molecule has 2 aliphatic heterocycles. The van der Waals surface area contributed by atoms with E-state index in [0.717, 1.165) is 15.0 Å². The van der Waals surface area contributed by atoms with Crippen molar-refractivity contribution in [2.75, 3.05) is 50.1 Å². The van der Waals surface area contributed by atoms with Gasteiger partial charge in [0.2, 0.25) is 5.91 Å². The lowest BCUT2D eigenvalue weighted by atomic mass is 9.96. The fraction of sp³-hybridized carbons (Fsp3) is 0.435. The molecular formula is C23H27BrN4O4S. The van der Waals surface area contributed by atoms with Crippen molar-refractivity contribution in [3.8, 4) is 0 Å². The molecule has 3 heterocycles. The molecule has 0 spiro atoms. The first-order valence-corrected chi connectivity index (χ1v) is 12.4. The quantitative estimate of drug-likeness (QED) is 0.615. The second-order valence-electron chi connectivity index (χ2n) is 8.49. The molecule has 0 aliphatic carbocycles. The number of aryl methyl sites for hydroxylation is 1. The van der Waals surface area contributed by atoms with Gasteiger partial charge in [0, 0.05) is 31.0 Å². The van der Waals surface area contributed by atoms with Crippen molar-refractivity contribution in [1.29, 1.82) is 0 Å². The van der Waals surface area contributed by atoms with E-state index in [-0.39, 0.29) is 17.7 Å². The average Bonchev–Trinajstić information content (AvgIpc) is 3.31. The Hall–Kier alpha value is -2.27. The fourth-order valence-electron chi connectivity index (χ4n) is 4.28. The Morgan fingerprint density at radius 3 is 2.67 bits per heavy atom. The number of benzene rings is 1. The van der Waals surface area contributed by atoms with Crippen molar-refractivity contribution in [2.24, 2.45) is 0 Å². The average molecular weight is 535 g/mol. The summed E-state index contributed by atoms with van der Waals surface area (Å²) in [7, 11) is 1.93. The molecule has 176 valence electrons. The highest BCUT2D eigenvalue weighted by atomic mass is 79.9. The van der Waals surface area contributed by atoms with Crippen molar-refractivity contribution in [3.05, 3.63) is 44.6 Å². The first-order chi connectivity index (χ1) is 15.8. The Kier molecular flexibility index (Phi) is 7.18. The summed E-state index contributed by atoms with van der Waals surface area (Å²) in [5, 5.41) is 5.98. The van der Waals surface area contributed by atoms with E-state index in [4.69, 9.17) is 4.74 Å². The van der Waals surface area contributed by atoms with Crippen LogP contribution in [0.5, 0.6) is 0 Å². The number of halogens is 1. The molecule has 1 atom stereocenters. The minimum Gasteiger partial charge on any atom is -0.379 e. The monoisotopic (exact) mass is 534 g/mol. The molecule has 2 fully saturated rings. The van der Waals surface area contributed by atoms with Crippen LogP contribution in [0, 0.1) is 6.92 Å². The van der Waals surface area contributed by atoms with Crippen LogP contribution < -0.4 is 15.5 Å². The number of ether oxygens (including phenoxy) is 1. The maximum Gasteiger partial charge on any atom is 0.262 e. The van der Waals surface area contributed by atoms with Crippen LogP contribution in [-0.2, 0) is 14.3 Å². The van der Waals surface area contributed by atoms with Gasteiger partial charge in [-0.3, -0.25) is 14.4 Å². The number of nitrogens with zero attached hydrogens (tertiary/aromatic N) is 2. The summed E-state index contributed by atoms with van der Waals surface area (Å²) in [6, 6.07) is 9.06. The first kappa shape index (κ1) is 23.9. The number of hydrogen-bond donors (Lipinski definition) is 2. The van der Waals surface area contributed by atoms with Crippen molar-refractivity contribution in [1.82, 2.24) is 10.2 Å². The Morgan fingerprint density at radius 2 is 2.00 bits per heavy atom. The van der Waals surface area contributed by atoms with E-state index in [1.54, 1.807) is 17.0 Å². The van der Waals surface area contributed by atoms with Gasteiger partial charge in [0.15, 0.2) is 0 Å². The lowest BCUT2D eigenvalue weighted by Gasteiger charge is -2.29. The van der Waals surface area contributed by atoms with Gasteiger partial charge in [0.25, 0.3) is 11.8 Å². The summed E-state index contributed by atoms with van der Waals surface area (Å²) in [4.78, 5) is 43.0. The highest BCUT2D eigenvalue weighted by Gasteiger charge is 2.45. The van der Waals surface area contributed by atoms with E-state index >= 15 is 0 Å². The van der Waals surface area contributed by atoms with Crippen LogP contribution in [-0.4, -0.2) is 68.1 Å². The van der Waals surface area contributed by atoms with Crippen LogP contribution in [0.25, 0.3) is 0 Å². The van der Waals surface area contributed by atoms with Crippen LogP contribution in [0.3, 0.4) is 0 Å². The molecule has 10 heteroatoms. The summed E-state index contributed by atoms with van der Waals surface area (Å²) in [6.45, 7) is 4.49. The molecule has 2 aliphatic rings. The maximum absolute atomic E-state index is 13.4. The highest BCUT2D eigenvalue weighted by molar-refractivity contribution is 9.11. The van der Waals surface area contributed by atoms with Gasteiger partial charge in [-0.1, -0.05) is 0 Å². The molecular weight excluding hydrogens is 508 g/mol. The molecule has 8 nitrogen and oxygen atoms in total. The smallest absolute Gasteiger partial charge is 0.262 e. The Bertz CT molecular complexity index is 1070. The summed E-state index contributed by atoms with van der Waals surface area (Å²) < 4.78 is 6.28. The van der Waals surface area contributed by atoms with Gasteiger partial charge >= 0.3 is 0 Å². The molecule has 1 aromatic heterocycles. The van der Waals surface area contributed by atoms with Gasteiger partial charge in [-0.25, -0.2) is 0 Å². The molecule has 0 saturated carbocycles. The van der Waals surface area contributed by atoms with E-state index < -0.39 is 5.54 Å². The third kappa shape index (κ3) is 5.29. The predicted octanol–water partition coefficient (Wildman–Crippen LogP) is 3.02. The molecule has 2 saturated heterocycles. The molecule has 33 heavy (non-hydrogen) atoms. The van der Waals surface area contributed by atoms with Gasteiger partial charge in [-0.15, -0.1) is 11.3 Å². The minimum atomic E-state index is -1.02. The number of hydrogen-bond acceptors (Lipinski definition) is 6. The van der Waals surface area contributed by atoms with Crippen molar-refractivity contribution >= 4 is 56.4 Å². The Labute approximate surface area is 205 Å². The van der Waals surface area contributed by atoms with Crippen molar-refractivity contribution < 1.29 is 19.1 Å². The SMILES string of the molecule is Cc1cc(NC(=O)C2(NC(=O)c3ccc(Br)s3)CCN(C)C2)ccc1N1CCOCCC1=O. The summed E-state index contributed by atoms with van der Waals surface area (Å²) >= 11 is 4.71. The Morgan fingerprint density at radius 1 is 1.18 bits per heavy atom. The van der Waals surface area contributed by atoms with Gasteiger partial charge in [-0.05, 0) is 72.2 Å².